The first-order chi connectivity index (χ1) is 8.97. The van der Waals surface area contributed by atoms with E-state index in [2.05, 4.69) is 4.74 Å². The highest BCUT2D eigenvalue weighted by Gasteiger charge is 2.25. The van der Waals surface area contributed by atoms with Crippen molar-refractivity contribution in [1.82, 2.24) is 4.57 Å². The number of pyridine rings is 1. The van der Waals surface area contributed by atoms with Crippen molar-refractivity contribution in [3.8, 4) is 5.75 Å². The van der Waals surface area contributed by atoms with E-state index in [9.17, 15) is 19.2 Å². The molecule has 1 N–H and O–H groups in total. The number of esters is 1. The number of carbonyl (C=O) groups excluding carboxylic acids is 2. The van der Waals surface area contributed by atoms with E-state index in [0.29, 0.717) is 6.29 Å². The van der Waals surface area contributed by atoms with E-state index in [1.807, 2.05) is 0 Å². The quantitative estimate of drug-likeness (QED) is 0.568. The van der Waals surface area contributed by atoms with Crippen molar-refractivity contribution in [2.24, 2.45) is 0 Å². The minimum atomic E-state index is -1.49. The Hall–Kier alpha value is -2.64. The van der Waals surface area contributed by atoms with Gasteiger partial charge in [-0.1, -0.05) is 0 Å². The molecular weight excluding hydrogens is 258 g/mol. The number of methoxy groups -OCH3 is 2. The van der Waals surface area contributed by atoms with Gasteiger partial charge < -0.3 is 23.9 Å². The third-order valence-electron chi connectivity index (χ3n) is 2.32. The molecule has 102 valence electrons. The molecule has 0 aliphatic rings. The average Bonchev–Trinajstić information content (AvgIpc) is 2.38. The van der Waals surface area contributed by atoms with Crippen molar-refractivity contribution < 1.29 is 29.0 Å². The summed E-state index contributed by atoms with van der Waals surface area (Å²) in [7, 11) is 2.20. The predicted octanol–water partition coefficient (Wildman–Crippen LogP) is -0.459. The first kappa shape index (κ1) is 14.4. The van der Waals surface area contributed by atoms with E-state index in [0.717, 1.165) is 25.0 Å². The number of carboxylic acids is 1. The van der Waals surface area contributed by atoms with Crippen LogP contribution >= 0.6 is 0 Å². The standard InChI is InChI=1S/C11H11NO7/c1-18-9-7(11(17)19-2)12(3-4-13)5-6(8(9)14)10(15)16/h4-5H,3H2,1-2H3,(H,15,16). The highest BCUT2D eigenvalue weighted by molar-refractivity contribution is 5.93. The fourth-order valence-corrected chi connectivity index (χ4v) is 1.51. The summed E-state index contributed by atoms with van der Waals surface area (Å²) in [6.07, 6.45) is 1.34. The van der Waals surface area contributed by atoms with Gasteiger partial charge in [0.15, 0.2) is 11.4 Å². The Morgan fingerprint density at radius 3 is 2.47 bits per heavy atom. The SMILES string of the molecule is COC(=O)c1c(OC)c(=O)c(C(=O)O)cn1CC=O. The summed E-state index contributed by atoms with van der Waals surface area (Å²) in [6, 6.07) is 0. The predicted molar refractivity (Wildman–Crippen MR) is 61.6 cm³/mol. The number of nitrogens with zero attached hydrogens (tertiary/aromatic N) is 1. The first-order valence-corrected chi connectivity index (χ1v) is 5.04. The molecule has 1 heterocycles. The molecule has 0 aliphatic carbocycles. The number of aromatic nitrogens is 1. The van der Waals surface area contributed by atoms with Gasteiger partial charge in [-0.25, -0.2) is 9.59 Å². The van der Waals surface area contributed by atoms with Crippen molar-refractivity contribution in [3.05, 3.63) is 27.7 Å². The molecule has 0 bridgehead atoms. The highest BCUT2D eigenvalue weighted by Crippen LogP contribution is 2.16. The zero-order chi connectivity index (χ0) is 14.6. The maximum atomic E-state index is 11.8. The van der Waals surface area contributed by atoms with Crippen LogP contribution in [0.15, 0.2) is 11.0 Å². The lowest BCUT2D eigenvalue weighted by atomic mass is 10.2. The molecule has 1 aromatic heterocycles. The largest absolute Gasteiger partial charge is 0.491 e. The van der Waals surface area contributed by atoms with Crippen LogP contribution in [0.4, 0.5) is 0 Å². The van der Waals surface area contributed by atoms with E-state index < -0.39 is 28.7 Å². The minimum absolute atomic E-state index is 0.313. The van der Waals surface area contributed by atoms with Gasteiger partial charge in [0.25, 0.3) is 0 Å². The van der Waals surface area contributed by atoms with Gasteiger partial charge in [0.05, 0.1) is 20.8 Å². The summed E-state index contributed by atoms with van der Waals surface area (Å²) in [5.41, 5.74) is -1.88. The zero-order valence-electron chi connectivity index (χ0n) is 10.2. The van der Waals surface area contributed by atoms with Crippen LogP contribution in [0.2, 0.25) is 0 Å². The van der Waals surface area contributed by atoms with Gasteiger partial charge in [0.1, 0.15) is 11.8 Å². The van der Waals surface area contributed by atoms with E-state index in [-0.39, 0.29) is 12.2 Å². The Morgan fingerprint density at radius 1 is 1.42 bits per heavy atom. The van der Waals surface area contributed by atoms with Crippen LogP contribution in [-0.2, 0) is 16.1 Å². The number of carbonyl (C=O) groups is 3. The molecule has 8 heteroatoms. The molecule has 0 aliphatic heterocycles. The van der Waals surface area contributed by atoms with Crippen molar-refractivity contribution in [1.29, 1.82) is 0 Å². The summed E-state index contributed by atoms with van der Waals surface area (Å²) >= 11 is 0. The number of hydrogen-bond acceptors (Lipinski definition) is 6. The van der Waals surface area contributed by atoms with Crippen LogP contribution in [-0.4, -0.2) is 42.1 Å². The van der Waals surface area contributed by atoms with Crippen LogP contribution in [0.25, 0.3) is 0 Å². The Kier molecular flexibility index (Phi) is 4.41. The molecule has 0 atom stereocenters. The maximum absolute atomic E-state index is 11.8. The molecule has 19 heavy (non-hydrogen) atoms. The van der Waals surface area contributed by atoms with Gasteiger partial charge in [-0.2, -0.15) is 0 Å². The van der Waals surface area contributed by atoms with E-state index >= 15 is 0 Å². The molecule has 1 rings (SSSR count). The van der Waals surface area contributed by atoms with E-state index in [4.69, 9.17) is 9.84 Å². The van der Waals surface area contributed by atoms with E-state index in [1.165, 1.54) is 0 Å². The Labute approximate surface area is 107 Å². The molecule has 1 aromatic rings. The molecule has 0 aromatic carbocycles. The van der Waals surface area contributed by atoms with Gasteiger partial charge in [0.2, 0.25) is 5.43 Å². The zero-order valence-corrected chi connectivity index (χ0v) is 10.2. The van der Waals surface area contributed by atoms with Crippen molar-refractivity contribution in [3.63, 3.8) is 0 Å². The van der Waals surface area contributed by atoms with Crippen LogP contribution < -0.4 is 10.2 Å². The normalized spacial score (nSPS) is 9.79. The lowest BCUT2D eigenvalue weighted by Gasteiger charge is -2.13. The smallest absolute Gasteiger partial charge is 0.358 e. The van der Waals surface area contributed by atoms with Crippen LogP contribution in [0.5, 0.6) is 5.75 Å². The van der Waals surface area contributed by atoms with Gasteiger partial charge >= 0.3 is 11.9 Å². The molecule has 8 nitrogen and oxygen atoms in total. The summed E-state index contributed by atoms with van der Waals surface area (Å²) in [5, 5.41) is 8.89. The molecular formula is C11H11NO7. The second-order valence-corrected chi connectivity index (χ2v) is 3.37. The third kappa shape index (κ3) is 2.62. The summed E-state index contributed by atoms with van der Waals surface area (Å²) in [6.45, 7) is -0.318. The minimum Gasteiger partial charge on any atom is -0.491 e. The molecule has 0 spiro atoms. The van der Waals surface area contributed by atoms with Crippen LogP contribution in [0.3, 0.4) is 0 Å². The van der Waals surface area contributed by atoms with Gasteiger partial charge in [-0.3, -0.25) is 4.79 Å². The third-order valence-corrected chi connectivity index (χ3v) is 2.32. The Morgan fingerprint density at radius 2 is 2.05 bits per heavy atom. The van der Waals surface area contributed by atoms with Crippen LogP contribution in [0, 0.1) is 0 Å². The Balaban J connectivity index is 3.72. The van der Waals surface area contributed by atoms with Crippen molar-refractivity contribution in [2.45, 2.75) is 6.54 Å². The number of ether oxygens (including phenoxy) is 2. The lowest BCUT2D eigenvalue weighted by Crippen LogP contribution is -2.26. The first-order valence-electron chi connectivity index (χ1n) is 5.04. The second-order valence-electron chi connectivity index (χ2n) is 3.37. The van der Waals surface area contributed by atoms with E-state index in [1.54, 1.807) is 0 Å². The second kappa shape index (κ2) is 5.80. The summed E-state index contributed by atoms with van der Waals surface area (Å²) in [5.74, 6) is -2.87. The molecule has 0 saturated carbocycles. The number of carboxylic acid groups (broad SMARTS) is 1. The monoisotopic (exact) mass is 269 g/mol. The van der Waals surface area contributed by atoms with Gasteiger partial charge in [0, 0.05) is 6.20 Å². The van der Waals surface area contributed by atoms with Crippen molar-refractivity contribution in [2.75, 3.05) is 14.2 Å². The van der Waals surface area contributed by atoms with Gasteiger partial charge in [-0.15, -0.1) is 0 Å². The number of aldehydes is 1. The average molecular weight is 269 g/mol. The molecule has 0 amide bonds. The van der Waals surface area contributed by atoms with Crippen molar-refractivity contribution >= 4 is 18.2 Å². The number of rotatable bonds is 5. The molecule has 0 radical (unpaired) electrons. The molecule has 0 saturated heterocycles. The highest BCUT2D eigenvalue weighted by atomic mass is 16.5. The van der Waals surface area contributed by atoms with Gasteiger partial charge in [-0.05, 0) is 0 Å². The summed E-state index contributed by atoms with van der Waals surface area (Å²) in [4.78, 5) is 44.9. The molecule has 0 unspecified atom stereocenters. The number of hydrogen-bond donors (Lipinski definition) is 1. The molecule has 0 fully saturated rings. The Bertz CT molecular complexity index is 587. The summed E-state index contributed by atoms with van der Waals surface area (Å²) < 4.78 is 10.2. The fraction of sp³-hybridized carbons (Fsp3) is 0.273. The fourth-order valence-electron chi connectivity index (χ4n) is 1.51. The topological polar surface area (TPSA) is 112 Å². The maximum Gasteiger partial charge on any atom is 0.358 e. The number of aromatic carboxylic acids is 1. The van der Waals surface area contributed by atoms with Crippen LogP contribution in [0.1, 0.15) is 20.8 Å². The lowest BCUT2D eigenvalue weighted by molar-refractivity contribution is -0.108.